The van der Waals surface area contributed by atoms with Crippen LogP contribution in [0, 0.1) is 10.1 Å². The highest BCUT2D eigenvalue weighted by atomic mass is 35.5. The SMILES string of the molecule is C[C@H](C(=O)Nc1ccccc1[N+](=O)[O-])[NH+](C)CCOc1ccc(Cl)cc1. The monoisotopic (exact) mass is 378 g/mol. The van der Waals surface area contributed by atoms with Gasteiger partial charge in [-0.3, -0.25) is 14.9 Å². The van der Waals surface area contributed by atoms with Crippen molar-refractivity contribution >= 4 is 28.9 Å². The summed E-state index contributed by atoms with van der Waals surface area (Å²) in [6, 6.07) is 12.7. The Hall–Kier alpha value is -2.64. The van der Waals surface area contributed by atoms with Crippen molar-refractivity contribution < 1.29 is 19.4 Å². The van der Waals surface area contributed by atoms with E-state index in [-0.39, 0.29) is 17.3 Å². The molecular formula is C18H21ClN3O4+. The summed E-state index contributed by atoms with van der Waals surface area (Å²) in [5, 5.41) is 14.3. The van der Waals surface area contributed by atoms with Crippen molar-refractivity contribution in [3.63, 3.8) is 0 Å². The van der Waals surface area contributed by atoms with Crippen molar-refractivity contribution in [1.82, 2.24) is 0 Å². The second kappa shape index (κ2) is 9.17. The summed E-state index contributed by atoms with van der Waals surface area (Å²) < 4.78 is 5.63. The first-order chi connectivity index (χ1) is 12.4. The van der Waals surface area contributed by atoms with E-state index < -0.39 is 11.0 Å². The van der Waals surface area contributed by atoms with Crippen LogP contribution in [0.5, 0.6) is 5.75 Å². The highest BCUT2D eigenvalue weighted by molar-refractivity contribution is 6.30. The predicted octanol–water partition coefficient (Wildman–Crippen LogP) is 2.17. The third-order valence-corrected chi connectivity index (χ3v) is 4.32. The van der Waals surface area contributed by atoms with E-state index in [1.54, 1.807) is 43.3 Å². The Labute approximate surface area is 156 Å². The zero-order valence-corrected chi connectivity index (χ0v) is 15.3. The number of rotatable bonds is 8. The number of nitrogens with one attached hydrogen (secondary N) is 2. The minimum Gasteiger partial charge on any atom is -0.488 e. The van der Waals surface area contributed by atoms with E-state index >= 15 is 0 Å². The summed E-state index contributed by atoms with van der Waals surface area (Å²) >= 11 is 5.82. The van der Waals surface area contributed by atoms with Gasteiger partial charge in [0.05, 0.1) is 12.0 Å². The molecule has 0 saturated heterocycles. The summed E-state index contributed by atoms with van der Waals surface area (Å²) in [5.41, 5.74) is 0.0661. The van der Waals surface area contributed by atoms with Gasteiger partial charge in [0.2, 0.25) is 0 Å². The predicted molar refractivity (Wildman–Crippen MR) is 99.9 cm³/mol. The summed E-state index contributed by atoms with van der Waals surface area (Å²) in [5.74, 6) is 0.419. The van der Waals surface area contributed by atoms with Crippen LogP contribution in [-0.4, -0.2) is 37.1 Å². The fraction of sp³-hybridized carbons (Fsp3) is 0.278. The molecule has 0 bridgehead atoms. The number of halogens is 1. The minimum absolute atomic E-state index is 0.128. The molecule has 2 rings (SSSR count). The molecule has 0 saturated carbocycles. The number of carbonyl (C=O) groups excluding carboxylic acids is 1. The number of anilines is 1. The topological polar surface area (TPSA) is 85.9 Å². The maximum Gasteiger partial charge on any atom is 0.292 e. The summed E-state index contributed by atoms with van der Waals surface area (Å²) in [6.07, 6.45) is 0. The molecule has 0 aliphatic rings. The smallest absolute Gasteiger partial charge is 0.292 e. The lowest BCUT2D eigenvalue weighted by Gasteiger charge is -2.21. The van der Waals surface area contributed by atoms with Gasteiger partial charge in [-0.25, -0.2) is 0 Å². The molecule has 26 heavy (non-hydrogen) atoms. The van der Waals surface area contributed by atoms with E-state index in [4.69, 9.17) is 16.3 Å². The van der Waals surface area contributed by atoms with Crippen LogP contribution in [0.3, 0.4) is 0 Å². The summed E-state index contributed by atoms with van der Waals surface area (Å²) in [6.45, 7) is 2.78. The molecule has 0 heterocycles. The quantitative estimate of drug-likeness (QED) is 0.544. The molecule has 0 aliphatic heterocycles. The molecule has 8 heteroatoms. The van der Waals surface area contributed by atoms with E-state index in [1.807, 2.05) is 7.05 Å². The highest BCUT2D eigenvalue weighted by Gasteiger charge is 2.24. The Morgan fingerprint density at radius 2 is 1.92 bits per heavy atom. The average Bonchev–Trinajstić information content (AvgIpc) is 2.62. The van der Waals surface area contributed by atoms with Gasteiger partial charge in [-0.1, -0.05) is 23.7 Å². The number of ether oxygens (including phenoxy) is 1. The number of carbonyl (C=O) groups is 1. The number of hydrogen-bond acceptors (Lipinski definition) is 4. The Balaban J connectivity index is 1.87. The summed E-state index contributed by atoms with van der Waals surface area (Å²) in [7, 11) is 1.87. The molecule has 1 amide bonds. The molecular weight excluding hydrogens is 358 g/mol. The lowest BCUT2D eigenvalue weighted by atomic mass is 10.2. The largest absolute Gasteiger partial charge is 0.488 e. The maximum atomic E-state index is 12.4. The van der Waals surface area contributed by atoms with E-state index in [1.165, 1.54) is 12.1 Å². The number of nitrogens with zero attached hydrogens (tertiary/aromatic N) is 1. The second-order valence-corrected chi connectivity index (χ2v) is 6.32. The van der Waals surface area contributed by atoms with Crippen LogP contribution in [0.15, 0.2) is 48.5 Å². The summed E-state index contributed by atoms with van der Waals surface area (Å²) in [4.78, 5) is 23.8. The molecule has 0 aliphatic carbocycles. The van der Waals surface area contributed by atoms with Gasteiger partial charge in [0.15, 0.2) is 6.04 Å². The van der Waals surface area contributed by atoms with Gasteiger partial charge in [0.25, 0.3) is 11.6 Å². The molecule has 138 valence electrons. The lowest BCUT2D eigenvalue weighted by molar-refractivity contribution is -0.894. The molecule has 2 aromatic carbocycles. The number of amides is 1. The first kappa shape index (κ1) is 19.7. The van der Waals surface area contributed by atoms with Crippen LogP contribution < -0.4 is 15.0 Å². The van der Waals surface area contributed by atoms with Crippen molar-refractivity contribution in [2.75, 3.05) is 25.5 Å². The zero-order chi connectivity index (χ0) is 19.1. The van der Waals surface area contributed by atoms with Gasteiger partial charge in [-0.15, -0.1) is 0 Å². The second-order valence-electron chi connectivity index (χ2n) is 5.88. The lowest BCUT2D eigenvalue weighted by Crippen LogP contribution is -3.14. The van der Waals surface area contributed by atoms with Crippen molar-refractivity contribution in [1.29, 1.82) is 0 Å². The Morgan fingerprint density at radius 1 is 1.27 bits per heavy atom. The fourth-order valence-corrected chi connectivity index (χ4v) is 2.41. The van der Waals surface area contributed by atoms with Crippen LogP contribution in [0.25, 0.3) is 0 Å². The van der Waals surface area contributed by atoms with Gasteiger partial charge in [0, 0.05) is 11.1 Å². The van der Waals surface area contributed by atoms with Crippen LogP contribution in [0.1, 0.15) is 6.92 Å². The Bertz CT molecular complexity index is 767. The first-order valence-corrected chi connectivity index (χ1v) is 8.51. The van der Waals surface area contributed by atoms with Crippen LogP contribution in [0.2, 0.25) is 5.02 Å². The number of para-hydroxylation sites is 2. The minimum atomic E-state index is -0.517. The fourth-order valence-electron chi connectivity index (χ4n) is 2.28. The van der Waals surface area contributed by atoms with Gasteiger partial charge in [0.1, 0.15) is 24.6 Å². The number of hydrogen-bond donors (Lipinski definition) is 2. The van der Waals surface area contributed by atoms with Gasteiger partial charge in [-0.05, 0) is 37.3 Å². The third-order valence-electron chi connectivity index (χ3n) is 4.07. The molecule has 2 atom stereocenters. The molecule has 2 N–H and O–H groups in total. The van der Waals surface area contributed by atoms with Crippen LogP contribution in [0.4, 0.5) is 11.4 Å². The van der Waals surface area contributed by atoms with Crippen LogP contribution in [-0.2, 0) is 4.79 Å². The van der Waals surface area contributed by atoms with Crippen molar-refractivity contribution in [2.45, 2.75) is 13.0 Å². The Kier molecular flexibility index (Phi) is 6.94. The van der Waals surface area contributed by atoms with Crippen molar-refractivity contribution in [3.05, 3.63) is 63.7 Å². The molecule has 1 unspecified atom stereocenters. The first-order valence-electron chi connectivity index (χ1n) is 8.13. The van der Waals surface area contributed by atoms with Crippen LogP contribution >= 0.6 is 11.6 Å². The van der Waals surface area contributed by atoms with E-state index in [2.05, 4.69) is 5.32 Å². The third kappa shape index (κ3) is 5.44. The van der Waals surface area contributed by atoms with Gasteiger partial charge >= 0.3 is 0 Å². The number of quaternary nitrogens is 1. The molecule has 0 fully saturated rings. The molecule has 0 spiro atoms. The zero-order valence-electron chi connectivity index (χ0n) is 14.6. The molecule has 2 aromatic rings. The maximum absolute atomic E-state index is 12.4. The standard InChI is InChI=1S/C18H20ClN3O4/c1-13(18(23)20-16-5-3-4-6-17(16)22(24)25)21(2)11-12-26-15-9-7-14(19)8-10-15/h3-10,13H,11-12H2,1-2H3,(H,20,23)/p+1/t13-/m1/s1. The number of benzene rings is 2. The normalized spacial score (nSPS) is 12.9. The van der Waals surface area contributed by atoms with Crippen molar-refractivity contribution in [2.24, 2.45) is 0 Å². The van der Waals surface area contributed by atoms with E-state index in [9.17, 15) is 14.9 Å². The van der Waals surface area contributed by atoms with E-state index in [0.717, 1.165) is 4.90 Å². The number of nitro benzene ring substituents is 1. The van der Waals surface area contributed by atoms with E-state index in [0.29, 0.717) is 23.9 Å². The van der Waals surface area contributed by atoms with Gasteiger partial charge < -0.3 is 15.0 Å². The molecule has 0 aromatic heterocycles. The number of nitro groups is 1. The van der Waals surface area contributed by atoms with Crippen molar-refractivity contribution in [3.8, 4) is 5.75 Å². The highest BCUT2D eigenvalue weighted by Crippen LogP contribution is 2.23. The number of likely N-dealkylation sites (N-methyl/N-ethyl adjacent to an activating group) is 1. The molecule has 0 radical (unpaired) electrons. The Morgan fingerprint density at radius 3 is 2.58 bits per heavy atom. The average molecular weight is 379 g/mol. The van der Waals surface area contributed by atoms with Gasteiger partial charge in [-0.2, -0.15) is 0 Å². The molecule has 7 nitrogen and oxygen atoms in total.